The number of carbonyl (C=O) groups is 3. The number of carbonyl (C=O) groups excluding carboxylic acids is 3. The average molecular weight is 435 g/mol. The van der Waals surface area contributed by atoms with Crippen LogP contribution in [0.3, 0.4) is 0 Å². The summed E-state index contributed by atoms with van der Waals surface area (Å²) in [6.07, 6.45) is 1.14. The van der Waals surface area contributed by atoms with E-state index in [2.05, 4.69) is 31.6 Å². The molecule has 1 radical (unpaired) electrons. The summed E-state index contributed by atoms with van der Waals surface area (Å²) in [5.74, 6) is -1.49. The molecule has 0 unspecified atom stereocenters. The molecular formula is C15H30N7O3Se. The van der Waals surface area contributed by atoms with Gasteiger partial charge in [-0.3, -0.25) is 0 Å². The fourth-order valence-electron chi connectivity index (χ4n) is 2.12. The molecule has 0 aromatic rings. The van der Waals surface area contributed by atoms with Gasteiger partial charge >= 0.3 is 144 Å². The quantitative estimate of drug-likeness (QED) is 0.0846. The van der Waals surface area contributed by atoms with Crippen LogP contribution in [0.2, 0.25) is 5.32 Å². The van der Waals surface area contributed by atoms with Gasteiger partial charge in [-0.1, -0.05) is 0 Å². The Labute approximate surface area is 162 Å². The standard InChI is InChI=1S/C15H30N7O3Se/c1-8(2)6-11(22-13(24)9(16)7-26)14(25)21-10(12(17)23)4-3-5-20-15(18)19/h8-11H,3-7,16H2,1-2H3,(H2,17,23)(H,21,25)(H,22,24)(H4,18,19,20)/t9-,10-,11-/m0/s1. The second kappa shape index (κ2) is 12.5. The topological polar surface area (TPSA) is 192 Å². The third-order valence-corrected chi connectivity index (χ3v) is 4.22. The molecule has 0 heterocycles. The summed E-state index contributed by atoms with van der Waals surface area (Å²) < 4.78 is 0. The van der Waals surface area contributed by atoms with Crippen molar-refractivity contribution in [3.63, 3.8) is 0 Å². The molecule has 0 aliphatic carbocycles. The molecule has 10 N–H and O–H groups in total. The molecule has 10 nitrogen and oxygen atoms in total. The number of primary amides is 1. The monoisotopic (exact) mass is 436 g/mol. The molecule has 0 aromatic carbocycles. The molecule has 0 aromatic heterocycles. The average Bonchev–Trinajstić information content (AvgIpc) is 2.54. The Morgan fingerprint density at radius 1 is 1.04 bits per heavy atom. The van der Waals surface area contributed by atoms with E-state index in [0.717, 1.165) is 0 Å². The molecule has 0 fully saturated rings. The van der Waals surface area contributed by atoms with E-state index < -0.39 is 35.8 Å². The number of nitrogens with one attached hydrogen (secondary N) is 2. The van der Waals surface area contributed by atoms with E-state index in [1.54, 1.807) is 0 Å². The summed E-state index contributed by atoms with van der Waals surface area (Å²) in [6, 6.07) is -2.43. The van der Waals surface area contributed by atoms with Crippen molar-refractivity contribution in [2.24, 2.45) is 33.8 Å². The third-order valence-electron chi connectivity index (χ3n) is 3.46. The predicted molar refractivity (Wildman–Crippen MR) is 101 cm³/mol. The number of guanidine groups is 1. The van der Waals surface area contributed by atoms with Crippen molar-refractivity contribution in [1.82, 2.24) is 10.6 Å². The van der Waals surface area contributed by atoms with Crippen LogP contribution in [0.5, 0.6) is 0 Å². The van der Waals surface area contributed by atoms with Crippen molar-refractivity contribution in [1.29, 1.82) is 0 Å². The number of aliphatic imine (C=N–C) groups is 1. The normalized spacial score (nSPS) is 14.2. The van der Waals surface area contributed by atoms with E-state index in [1.807, 2.05) is 13.8 Å². The third kappa shape index (κ3) is 10.2. The summed E-state index contributed by atoms with van der Waals surface area (Å²) in [6.45, 7) is 4.15. The van der Waals surface area contributed by atoms with Crippen LogP contribution in [-0.4, -0.2) is 64.4 Å². The van der Waals surface area contributed by atoms with Crippen molar-refractivity contribution in [2.45, 2.75) is 56.6 Å². The Hall–Kier alpha value is -1.84. The van der Waals surface area contributed by atoms with Gasteiger partial charge in [0.15, 0.2) is 5.96 Å². The number of nitrogens with two attached hydrogens (primary N) is 4. The Morgan fingerprint density at radius 3 is 2.08 bits per heavy atom. The van der Waals surface area contributed by atoms with E-state index in [1.165, 1.54) is 0 Å². The fourth-order valence-corrected chi connectivity index (χ4v) is 2.44. The molecule has 3 atom stereocenters. The van der Waals surface area contributed by atoms with Crippen molar-refractivity contribution in [3.05, 3.63) is 0 Å². The fraction of sp³-hybridized carbons (Fsp3) is 0.733. The van der Waals surface area contributed by atoms with Crippen LogP contribution in [0.1, 0.15) is 33.1 Å². The molecule has 0 saturated carbocycles. The van der Waals surface area contributed by atoms with Gasteiger partial charge in [0.1, 0.15) is 0 Å². The van der Waals surface area contributed by atoms with E-state index >= 15 is 0 Å². The molecule has 26 heavy (non-hydrogen) atoms. The number of nitrogens with zero attached hydrogens (tertiary/aromatic N) is 1. The van der Waals surface area contributed by atoms with Gasteiger partial charge in [0, 0.05) is 0 Å². The first-order valence-electron chi connectivity index (χ1n) is 8.37. The minimum absolute atomic E-state index is 0.0473. The first-order valence-corrected chi connectivity index (χ1v) is 9.58. The van der Waals surface area contributed by atoms with Crippen molar-refractivity contribution >= 4 is 39.7 Å². The molecule has 149 valence electrons. The first-order chi connectivity index (χ1) is 12.1. The first kappa shape index (κ1) is 24.2. The molecule has 0 aliphatic rings. The number of amides is 3. The van der Waals surface area contributed by atoms with Crippen LogP contribution in [0, 0.1) is 5.92 Å². The summed E-state index contributed by atoms with van der Waals surface area (Å²) in [5.41, 5.74) is 21.5. The van der Waals surface area contributed by atoms with Crippen molar-refractivity contribution in [2.75, 3.05) is 6.54 Å². The molecule has 0 aliphatic heterocycles. The van der Waals surface area contributed by atoms with Crippen LogP contribution in [0.4, 0.5) is 0 Å². The van der Waals surface area contributed by atoms with Gasteiger partial charge in [-0.05, 0) is 0 Å². The number of hydrogen-bond acceptors (Lipinski definition) is 5. The Kier molecular flexibility index (Phi) is 11.6. The van der Waals surface area contributed by atoms with Crippen molar-refractivity contribution in [3.8, 4) is 0 Å². The molecule has 0 rings (SSSR count). The van der Waals surface area contributed by atoms with Gasteiger partial charge in [-0.25, -0.2) is 0 Å². The van der Waals surface area contributed by atoms with Gasteiger partial charge in [-0.2, -0.15) is 0 Å². The van der Waals surface area contributed by atoms with Gasteiger partial charge in [0.2, 0.25) is 0 Å². The van der Waals surface area contributed by atoms with Gasteiger partial charge in [0.25, 0.3) is 0 Å². The van der Waals surface area contributed by atoms with Crippen molar-refractivity contribution < 1.29 is 14.4 Å². The summed E-state index contributed by atoms with van der Waals surface area (Å²) >= 11 is 2.67. The van der Waals surface area contributed by atoms with E-state index in [-0.39, 0.29) is 18.3 Å². The van der Waals surface area contributed by atoms with Crippen LogP contribution < -0.4 is 33.6 Å². The molecule has 0 spiro atoms. The second-order valence-electron chi connectivity index (χ2n) is 6.38. The van der Waals surface area contributed by atoms with Gasteiger partial charge in [-0.15, -0.1) is 0 Å². The summed E-state index contributed by atoms with van der Waals surface area (Å²) in [4.78, 5) is 39.9. The maximum absolute atomic E-state index is 12.5. The van der Waals surface area contributed by atoms with Gasteiger partial charge < -0.3 is 11.5 Å². The number of rotatable bonds is 12. The maximum atomic E-state index is 12.5. The molecular weight excluding hydrogens is 405 g/mol. The Morgan fingerprint density at radius 2 is 1.62 bits per heavy atom. The second-order valence-corrected chi connectivity index (χ2v) is 7.08. The van der Waals surface area contributed by atoms with Crippen LogP contribution in [0.25, 0.3) is 0 Å². The zero-order chi connectivity index (χ0) is 20.3. The Balaban J connectivity index is 4.90. The van der Waals surface area contributed by atoms with Gasteiger partial charge in [0.05, 0.1) is 0 Å². The van der Waals surface area contributed by atoms with E-state index in [4.69, 9.17) is 22.9 Å². The van der Waals surface area contributed by atoms with Crippen LogP contribution in [-0.2, 0) is 14.4 Å². The van der Waals surface area contributed by atoms with E-state index in [0.29, 0.717) is 24.7 Å². The predicted octanol–water partition coefficient (Wildman–Crippen LogP) is -2.54. The molecule has 0 bridgehead atoms. The Bertz CT molecular complexity index is 509. The van der Waals surface area contributed by atoms with E-state index in [9.17, 15) is 14.4 Å². The van der Waals surface area contributed by atoms with Crippen LogP contribution >= 0.6 is 0 Å². The van der Waals surface area contributed by atoms with Crippen LogP contribution in [0.15, 0.2) is 4.99 Å². The summed E-state index contributed by atoms with van der Waals surface area (Å²) in [7, 11) is 0. The zero-order valence-corrected chi connectivity index (χ0v) is 16.9. The molecule has 11 heteroatoms. The zero-order valence-electron chi connectivity index (χ0n) is 15.2. The molecule has 3 amide bonds. The number of hydrogen-bond donors (Lipinski definition) is 6. The summed E-state index contributed by atoms with van der Waals surface area (Å²) in [5, 5.41) is 5.54. The minimum atomic E-state index is -0.878. The molecule has 0 saturated heterocycles. The SMILES string of the molecule is CC(C)C[C@H](NC(=O)[C@@H](N)C[Se])C(=O)N[C@@H](CCCN=C(N)N)C(N)=O.